The molecule has 1 aliphatic carbocycles. The SMILES string of the molecule is c1c[n+](Cc2ccc(C3CCCCC3)cc2)ccn1. The van der Waals surface area contributed by atoms with Crippen molar-refractivity contribution in [2.24, 2.45) is 0 Å². The molecule has 1 aliphatic rings. The van der Waals surface area contributed by atoms with Crippen molar-refractivity contribution >= 4 is 0 Å². The molecule has 1 heterocycles. The van der Waals surface area contributed by atoms with E-state index in [1.165, 1.54) is 43.2 Å². The average molecular weight is 253 g/mol. The summed E-state index contributed by atoms with van der Waals surface area (Å²) >= 11 is 0. The van der Waals surface area contributed by atoms with Gasteiger partial charge in [-0.1, -0.05) is 43.5 Å². The number of benzene rings is 1. The van der Waals surface area contributed by atoms with Crippen LogP contribution in [0, 0.1) is 0 Å². The second kappa shape index (κ2) is 5.96. The van der Waals surface area contributed by atoms with Crippen LogP contribution in [0.3, 0.4) is 0 Å². The van der Waals surface area contributed by atoms with Gasteiger partial charge in [0.2, 0.25) is 0 Å². The van der Waals surface area contributed by atoms with Gasteiger partial charge in [-0.25, -0.2) is 0 Å². The fourth-order valence-electron chi connectivity index (χ4n) is 2.99. The van der Waals surface area contributed by atoms with Crippen LogP contribution in [0.1, 0.15) is 49.1 Å². The third-order valence-electron chi connectivity index (χ3n) is 4.11. The van der Waals surface area contributed by atoms with Crippen LogP contribution in [0.5, 0.6) is 0 Å². The number of aromatic nitrogens is 2. The first-order valence-electron chi connectivity index (χ1n) is 7.30. The van der Waals surface area contributed by atoms with Crippen molar-refractivity contribution in [1.29, 1.82) is 0 Å². The van der Waals surface area contributed by atoms with Gasteiger partial charge in [-0.3, -0.25) is 4.98 Å². The van der Waals surface area contributed by atoms with E-state index < -0.39 is 0 Å². The van der Waals surface area contributed by atoms with E-state index in [0.717, 1.165) is 12.5 Å². The zero-order valence-corrected chi connectivity index (χ0v) is 11.3. The van der Waals surface area contributed by atoms with Crippen molar-refractivity contribution in [2.75, 3.05) is 0 Å². The molecule has 0 saturated heterocycles. The van der Waals surface area contributed by atoms with E-state index in [0.29, 0.717) is 0 Å². The van der Waals surface area contributed by atoms with E-state index in [4.69, 9.17) is 0 Å². The molecule has 0 aliphatic heterocycles. The highest BCUT2D eigenvalue weighted by molar-refractivity contribution is 5.25. The lowest BCUT2D eigenvalue weighted by molar-refractivity contribution is -0.688. The lowest BCUT2D eigenvalue weighted by Gasteiger charge is -2.21. The van der Waals surface area contributed by atoms with Crippen molar-refractivity contribution in [2.45, 2.75) is 44.6 Å². The van der Waals surface area contributed by atoms with Gasteiger partial charge < -0.3 is 0 Å². The lowest BCUT2D eigenvalue weighted by Crippen LogP contribution is -2.33. The number of hydrogen-bond acceptors (Lipinski definition) is 1. The maximum atomic E-state index is 4.04. The summed E-state index contributed by atoms with van der Waals surface area (Å²) in [7, 11) is 0. The minimum atomic E-state index is 0.802. The van der Waals surface area contributed by atoms with E-state index in [1.54, 1.807) is 0 Å². The molecule has 98 valence electrons. The van der Waals surface area contributed by atoms with Gasteiger partial charge in [0.15, 0.2) is 18.9 Å². The third kappa shape index (κ3) is 3.19. The van der Waals surface area contributed by atoms with E-state index in [-0.39, 0.29) is 0 Å². The fourth-order valence-corrected chi connectivity index (χ4v) is 2.99. The summed E-state index contributed by atoms with van der Waals surface area (Å²) in [6.45, 7) is 0.924. The zero-order chi connectivity index (χ0) is 12.9. The predicted molar refractivity (Wildman–Crippen MR) is 75.8 cm³/mol. The molecular formula is C17H21N2+. The van der Waals surface area contributed by atoms with E-state index in [9.17, 15) is 0 Å². The number of nitrogens with zero attached hydrogens (tertiary/aromatic N) is 2. The molecule has 19 heavy (non-hydrogen) atoms. The van der Waals surface area contributed by atoms with E-state index in [2.05, 4.69) is 33.8 Å². The first-order valence-corrected chi connectivity index (χ1v) is 7.30. The molecule has 0 unspecified atom stereocenters. The summed E-state index contributed by atoms with van der Waals surface area (Å²) in [5.41, 5.74) is 2.89. The van der Waals surface area contributed by atoms with Crippen LogP contribution in [0.25, 0.3) is 0 Å². The van der Waals surface area contributed by atoms with Gasteiger partial charge in [-0.05, 0) is 24.3 Å². The minimum Gasteiger partial charge on any atom is -0.252 e. The Balaban J connectivity index is 1.68. The van der Waals surface area contributed by atoms with Gasteiger partial charge in [0, 0.05) is 5.56 Å². The summed E-state index contributed by atoms with van der Waals surface area (Å²) in [4.78, 5) is 4.04. The highest BCUT2D eigenvalue weighted by Gasteiger charge is 2.15. The summed E-state index contributed by atoms with van der Waals surface area (Å²) in [5, 5.41) is 0. The molecule has 0 amide bonds. The predicted octanol–water partition coefficient (Wildman–Crippen LogP) is 3.47. The Morgan fingerprint density at radius 3 is 2.32 bits per heavy atom. The smallest absolute Gasteiger partial charge is 0.187 e. The molecule has 0 radical (unpaired) electrons. The van der Waals surface area contributed by atoms with Gasteiger partial charge in [-0.2, -0.15) is 4.57 Å². The van der Waals surface area contributed by atoms with E-state index in [1.807, 2.05) is 24.8 Å². The molecule has 0 spiro atoms. The Kier molecular flexibility index (Phi) is 3.87. The van der Waals surface area contributed by atoms with Gasteiger partial charge >= 0.3 is 0 Å². The molecule has 1 aromatic carbocycles. The molecule has 3 rings (SSSR count). The van der Waals surface area contributed by atoms with Crippen molar-refractivity contribution in [3.05, 3.63) is 60.2 Å². The second-order valence-corrected chi connectivity index (χ2v) is 5.49. The Morgan fingerprint density at radius 1 is 0.947 bits per heavy atom. The Hall–Kier alpha value is -1.70. The monoisotopic (exact) mass is 253 g/mol. The molecular weight excluding hydrogens is 232 g/mol. The number of rotatable bonds is 3. The first kappa shape index (κ1) is 12.3. The quantitative estimate of drug-likeness (QED) is 0.765. The van der Waals surface area contributed by atoms with Crippen molar-refractivity contribution in [3.63, 3.8) is 0 Å². The highest BCUT2D eigenvalue weighted by Crippen LogP contribution is 2.32. The van der Waals surface area contributed by atoms with Gasteiger partial charge in [-0.15, -0.1) is 0 Å². The van der Waals surface area contributed by atoms with E-state index >= 15 is 0 Å². The molecule has 0 N–H and O–H groups in total. The van der Waals surface area contributed by atoms with Crippen molar-refractivity contribution in [3.8, 4) is 0 Å². The Morgan fingerprint density at radius 2 is 1.63 bits per heavy atom. The van der Waals surface area contributed by atoms with Crippen LogP contribution >= 0.6 is 0 Å². The molecule has 1 saturated carbocycles. The van der Waals surface area contributed by atoms with Crippen LogP contribution < -0.4 is 4.57 Å². The van der Waals surface area contributed by atoms with Crippen LogP contribution in [0.15, 0.2) is 49.1 Å². The standard InChI is InChI=1S/C17H21N2/c1-2-4-16(5-3-1)17-8-6-15(7-9-17)14-19-12-10-18-11-13-19/h6-13,16H,1-5,14H2/q+1. The summed E-state index contributed by atoms with van der Waals surface area (Å²) in [6.07, 6.45) is 14.7. The molecule has 1 fully saturated rings. The largest absolute Gasteiger partial charge is 0.252 e. The maximum absolute atomic E-state index is 4.04. The highest BCUT2D eigenvalue weighted by atomic mass is 14.9. The maximum Gasteiger partial charge on any atom is 0.187 e. The first-order chi connectivity index (χ1) is 9.42. The van der Waals surface area contributed by atoms with Crippen LogP contribution in [-0.4, -0.2) is 4.98 Å². The zero-order valence-electron chi connectivity index (χ0n) is 11.3. The minimum absolute atomic E-state index is 0.802. The van der Waals surface area contributed by atoms with Crippen LogP contribution in [0.2, 0.25) is 0 Å². The number of hydrogen-bond donors (Lipinski definition) is 0. The lowest BCUT2D eigenvalue weighted by atomic mass is 9.84. The van der Waals surface area contributed by atoms with Crippen LogP contribution in [-0.2, 0) is 6.54 Å². The van der Waals surface area contributed by atoms with Crippen LogP contribution in [0.4, 0.5) is 0 Å². The molecule has 2 nitrogen and oxygen atoms in total. The summed E-state index contributed by atoms with van der Waals surface area (Å²) in [6, 6.07) is 9.20. The van der Waals surface area contributed by atoms with Crippen molar-refractivity contribution < 1.29 is 4.57 Å². The second-order valence-electron chi connectivity index (χ2n) is 5.49. The molecule has 0 bridgehead atoms. The third-order valence-corrected chi connectivity index (χ3v) is 4.11. The Bertz CT molecular complexity index is 499. The Labute approximate surface area is 115 Å². The molecule has 1 aromatic heterocycles. The topological polar surface area (TPSA) is 16.8 Å². The fraction of sp³-hybridized carbons (Fsp3) is 0.412. The van der Waals surface area contributed by atoms with Crippen molar-refractivity contribution in [1.82, 2.24) is 4.98 Å². The molecule has 2 heteroatoms. The normalized spacial score (nSPS) is 16.4. The average Bonchev–Trinajstić information content (AvgIpc) is 2.50. The van der Waals surface area contributed by atoms with Gasteiger partial charge in [0.1, 0.15) is 0 Å². The summed E-state index contributed by atoms with van der Waals surface area (Å²) < 4.78 is 2.16. The van der Waals surface area contributed by atoms with Gasteiger partial charge in [0.25, 0.3) is 0 Å². The molecule has 0 atom stereocenters. The molecule has 2 aromatic rings. The van der Waals surface area contributed by atoms with Gasteiger partial charge in [0.05, 0.1) is 12.4 Å². The summed E-state index contributed by atoms with van der Waals surface area (Å²) in [5.74, 6) is 0.802.